The Morgan fingerprint density at radius 1 is 0.893 bits per heavy atom. The van der Waals surface area contributed by atoms with Crippen molar-refractivity contribution in [2.45, 2.75) is 13.3 Å². The molecule has 0 saturated heterocycles. The van der Waals surface area contributed by atoms with Gasteiger partial charge < -0.3 is 0 Å². The molecule has 0 amide bonds. The molecule has 0 unspecified atom stereocenters. The third-order valence-electron chi connectivity index (χ3n) is 5.27. The fraction of sp³-hybridized carbons (Fsp3) is 0.0833. The summed E-state index contributed by atoms with van der Waals surface area (Å²) < 4.78 is 0. The van der Waals surface area contributed by atoms with Gasteiger partial charge in [0, 0.05) is 34.1 Å². The molecule has 3 aromatic carbocycles. The highest BCUT2D eigenvalue weighted by molar-refractivity contribution is 6.25. The summed E-state index contributed by atoms with van der Waals surface area (Å²) in [5.41, 5.74) is 5.91. The molecule has 1 aromatic heterocycles. The molecule has 0 atom stereocenters. The minimum Gasteiger partial charge on any atom is -0.294 e. The van der Waals surface area contributed by atoms with Gasteiger partial charge in [0.25, 0.3) is 0 Å². The topological polar surface area (TPSA) is 59.9 Å². The molecule has 0 spiro atoms. The maximum absolute atomic E-state index is 13.3. The molecule has 134 valence electrons. The smallest absolute Gasteiger partial charge is 0.194 e. The van der Waals surface area contributed by atoms with Crippen LogP contribution in [0.25, 0.3) is 22.2 Å². The number of hydrogen-bond donors (Lipinski definition) is 0. The number of aryl methyl sites for hydroxylation is 1. The van der Waals surface area contributed by atoms with E-state index in [0.29, 0.717) is 22.3 Å². The van der Waals surface area contributed by atoms with Crippen LogP contribution >= 0.6 is 0 Å². The van der Waals surface area contributed by atoms with Crippen molar-refractivity contribution in [2.75, 3.05) is 0 Å². The Morgan fingerprint density at radius 3 is 2.43 bits per heavy atom. The van der Waals surface area contributed by atoms with Crippen LogP contribution in [-0.4, -0.2) is 21.5 Å². The first-order valence-electron chi connectivity index (χ1n) is 9.14. The highest BCUT2D eigenvalue weighted by Gasteiger charge is 2.29. The van der Waals surface area contributed by atoms with Gasteiger partial charge in [0.1, 0.15) is 6.33 Å². The van der Waals surface area contributed by atoms with Gasteiger partial charge in [0.15, 0.2) is 11.6 Å². The van der Waals surface area contributed by atoms with Crippen LogP contribution in [0, 0.1) is 6.92 Å². The first-order valence-corrected chi connectivity index (χ1v) is 9.14. The van der Waals surface area contributed by atoms with Crippen LogP contribution in [0.1, 0.15) is 37.4 Å². The monoisotopic (exact) mass is 364 g/mol. The summed E-state index contributed by atoms with van der Waals surface area (Å²) in [5, 5.41) is 0.736. The van der Waals surface area contributed by atoms with Crippen molar-refractivity contribution in [3.05, 3.63) is 94.8 Å². The minimum absolute atomic E-state index is 0.0133. The number of carbonyl (C=O) groups is 2. The summed E-state index contributed by atoms with van der Waals surface area (Å²) in [7, 11) is 0. The number of aromatic nitrogens is 2. The number of nitrogens with zero attached hydrogens (tertiary/aromatic N) is 2. The zero-order chi connectivity index (χ0) is 19.3. The molecule has 5 rings (SSSR count). The van der Waals surface area contributed by atoms with E-state index in [9.17, 15) is 9.59 Å². The van der Waals surface area contributed by atoms with E-state index in [1.807, 2.05) is 67.6 Å². The standard InChI is InChI=1S/C24H16N2O2/c1-14-6-8-15(9-7-14)20(27)12-16-10-11-19-22-21(16)24(28)18-5-3-2-4-17(18)23(22)26-13-25-19/h2-11,13H,12H2,1H3. The molecule has 28 heavy (non-hydrogen) atoms. The first-order chi connectivity index (χ1) is 13.6. The predicted molar refractivity (Wildman–Crippen MR) is 108 cm³/mol. The number of benzene rings is 3. The molecule has 0 aliphatic heterocycles. The molecular weight excluding hydrogens is 348 g/mol. The second-order valence-corrected chi connectivity index (χ2v) is 7.06. The Kier molecular flexibility index (Phi) is 3.66. The number of ketones is 2. The van der Waals surface area contributed by atoms with Crippen molar-refractivity contribution in [1.29, 1.82) is 0 Å². The quantitative estimate of drug-likeness (QED) is 0.440. The lowest BCUT2D eigenvalue weighted by molar-refractivity contribution is 0.0992. The molecule has 1 heterocycles. The number of carbonyl (C=O) groups excluding carboxylic acids is 2. The fourth-order valence-corrected chi connectivity index (χ4v) is 3.84. The van der Waals surface area contributed by atoms with Gasteiger partial charge in [-0.15, -0.1) is 0 Å². The van der Waals surface area contributed by atoms with Crippen LogP contribution in [-0.2, 0) is 6.42 Å². The van der Waals surface area contributed by atoms with Crippen molar-refractivity contribution < 1.29 is 9.59 Å². The molecule has 0 radical (unpaired) electrons. The van der Waals surface area contributed by atoms with E-state index in [1.54, 1.807) is 0 Å². The summed E-state index contributed by atoms with van der Waals surface area (Å²) in [6.07, 6.45) is 1.68. The molecule has 4 aromatic rings. The first kappa shape index (κ1) is 16.5. The Morgan fingerprint density at radius 2 is 1.64 bits per heavy atom. The van der Waals surface area contributed by atoms with Crippen LogP contribution < -0.4 is 0 Å². The minimum atomic E-state index is -0.0739. The lowest BCUT2D eigenvalue weighted by atomic mass is 9.83. The SMILES string of the molecule is Cc1ccc(C(=O)Cc2ccc3ncnc4c3c2C(=O)c2ccccc2-4)cc1. The molecule has 0 fully saturated rings. The van der Waals surface area contributed by atoms with Crippen LogP contribution in [0.4, 0.5) is 0 Å². The van der Waals surface area contributed by atoms with E-state index in [1.165, 1.54) is 6.33 Å². The lowest BCUT2D eigenvalue weighted by Gasteiger charge is -2.20. The number of rotatable bonds is 3. The van der Waals surface area contributed by atoms with Crippen LogP contribution in [0.2, 0.25) is 0 Å². The zero-order valence-corrected chi connectivity index (χ0v) is 15.3. The molecule has 4 heteroatoms. The highest BCUT2D eigenvalue weighted by Crippen LogP contribution is 2.38. The second-order valence-electron chi connectivity index (χ2n) is 7.06. The summed E-state index contributed by atoms with van der Waals surface area (Å²) in [6, 6.07) is 18.7. The van der Waals surface area contributed by atoms with E-state index in [-0.39, 0.29) is 18.0 Å². The van der Waals surface area contributed by atoms with Crippen molar-refractivity contribution >= 4 is 22.5 Å². The summed E-state index contributed by atoms with van der Waals surface area (Å²) in [5.74, 6) is -0.0872. The van der Waals surface area contributed by atoms with Crippen molar-refractivity contribution in [3.8, 4) is 11.3 Å². The molecule has 0 saturated carbocycles. The third kappa shape index (κ3) is 2.46. The van der Waals surface area contributed by atoms with Crippen LogP contribution in [0.3, 0.4) is 0 Å². The van der Waals surface area contributed by atoms with Crippen molar-refractivity contribution in [1.82, 2.24) is 9.97 Å². The van der Waals surface area contributed by atoms with E-state index in [4.69, 9.17) is 0 Å². The van der Waals surface area contributed by atoms with Crippen LogP contribution in [0.5, 0.6) is 0 Å². The van der Waals surface area contributed by atoms with Gasteiger partial charge in [-0.05, 0) is 18.6 Å². The Bertz CT molecular complexity index is 1270. The highest BCUT2D eigenvalue weighted by atomic mass is 16.1. The summed E-state index contributed by atoms with van der Waals surface area (Å²) in [6.45, 7) is 1.99. The van der Waals surface area contributed by atoms with Crippen LogP contribution in [0.15, 0.2) is 67.0 Å². The van der Waals surface area contributed by atoms with Gasteiger partial charge in [0.2, 0.25) is 0 Å². The maximum Gasteiger partial charge on any atom is 0.194 e. The van der Waals surface area contributed by atoms with Gasteiger partial charge in [-0.1, -0.05) is 60.2 Å². The molecule has 0 N–H and O–H groups in total. The molecular formula is C24H16N2O2. The predicted octanol–water partition coefficient (Wildman–Crippen LogP) is 4.58. The largest absolute Gasteiger partial charge is 0.294 e. The average Bonchev–Trinajstić information content (AvgIpc) is 2.73. The van der Waals surface area contributed by atoms with Gasteiger partial charge >= 0.3 is 0 Å². The van der Waals surface area contributed by atoms with Gasteiger partial charge in [0.05, 0.1) is 11.2 Å². The summed E-state index contributed by atoms with van der Waals surface area (Å²) >= 11 is 0. The number of Topliss-reactive ketones (excluding diaryl/α,β-unsaturated/α-hetero) is 1. The Hall–Kier alpha value is -3.66. The van der Waals surface area contributed by atoms with Gasteiger partial charge in [-0.25, -0.2) is 9.97 Å². The number of fused-ring (bicyclic) bond motifs is 2. The Balaban J connectivity index is 1.69. The van der Waals surface area contributed by atoms with E-state index < -0.39 is 0 Å². The molecule has 1 aliphatic carbocycles. The Labute approximate surface area is 161 Å². The van der Waals surface area contributed by atoms with Gasteiger partial charge in [-0.2, -0.15) is 0 Å². The van der Waals surface area contributed by atoms with Crippen molar-refractivity contribution in [3.63, 3.8) is 0 Å². The average molecular weight is 364 g/mol. The van der Waals surface area contributed by atoms with Gasteiger partial charge in [-0.3, -0.25) is 9.59 Å². The molecule has 0 bridgehead atoms. The summed E-state index contributed by atoms with van der Waals surface area (Å²) in [4.78, 5) is 34.9. The van der Waals surface area contributed by atoms with E-state index >= 15 is 0 Å². The maximum atomic E-state index is 13.3. The molecule has 1 aliphatic rings. The normalized spacial score (nSPS) is 12.1. The zero-order valence-electron chi connectivity index (χ0n) is 15.3. The lowest BCUT2D eigenvalue weighted by Crippen LogP contribution is -2.16. The van der Waals surface area contributed by atoms with E-state index in [2.05, 4.69) is 9.97 Å². The van der Waals surface area contributed by atoms with Crippen molar-refractivity contribution in [2.24, 2.45) is 0 Å². The number of hydrogen-bond acceptors (Lipinski definition) is 4. The second kappa shape index (κ2) is 6.20. The molecule has 4 nitrogen and oxygen atoms in total. The fourth-order valence-electron chi connectivity index (χ4n) is 3.84. The third-order valence-corrected chi connectivity index (χ3v) is 5.27. The van der Waals surface area contributed by atoms with E-state index in [0.717, 1.165) is 27.7 Å².